The summed E-state index contributed by atoms with van der Waals surface area (Å²) in [5.41, 5.74) is 14.6. The highest BCUT2D eigenvalue weighted by Gasteiger charge is 2.16. The van der Waals surface area contributed by atoms with E-state index in [1.165, 1.54) is 20.4 Å². The van der Waals surface area contributed by atoms with E-state index in [9.17, 15) is 9.59 Å². The number of carbonyl (C=O) groups excluding carboxylic acids is 2. The van der Waals surface area contributed by atoms with E-state index in [1.54, 1.807) is 30.5 Å². The largest absolute Gasteiger partial charge is 0.480 e. The zero-order valence-electron chi connectivity index (χ0n) is 18.3. The third kappa shape index (κ3) is 4.48. The molecule has 11 heteroatoms. The number of nitrogens with zero attached hydrogens (tertiary/aromatic N) is 3. The van der Waals surface area contributed by atoms with Gasteiger partial charge in [0.2, 0.25) is 5.88 Å². The van der Waals surface area contributed by atoms with Crippen molar-refractivity contribution >= 4 is 39.9 Å². The van der Waals surface area contributed by atoms with E-state index >= 15 is 0 Å². The smallest absolute Gasteiger partial charge is 0.319 e. The molecule has 0 aliphatic heterocycles. The van der Waals surface area contributed by atoms with Crippen LogP contribution >= 0.6 is 0 Å². The highest BCUT2D eigenvalue weighted by molar-refractivity contribution is 6.08. The van der Waals surface area contributed by atoms with E-state index in [1.807, 2.05) is 18.2 Å². The van der Waals surface area contributed by atoms with Gasteiger partial charge in [0.1, 0.15) is 0 Å². The zero-order chi connectivity index (χ0) is 24.2. The Kier molecular flexibility index (Phi) is 6.08. The first kappa shape index (κ1) is 22.3. The number of rotatable bonds is 7. The fourth-order valence-corrected chi connectivity index (χ4v) is 3.45. The summed E-state index contributed by atoms with van der Waals surface area (Å²) in [7, 11) is 2.98. The second-order valence-electron chi connectivity index (χ2n) is 7.12. The van der Waals surface area contributed by atoms with Gasteiger partial charge in [0.05, 0.1) is 36.6 Å². The van der Waals surface area contributed by atoms with E-state index in [-0.39, 0.29) is 11.6 Å². The average molecular weight is 459 g/mol. The number of nitrogens with one attached hydrogen (secondary N) is 2. The number of primary amides is 2. The molecule has 3 amide bonds. The first-order valence-corrected chi connectivity index (χ1v) is 10.0. The predicted octanol–water partition coefficient (Wildman–Crippen LogP) is 3.04. The van der Waals surface area contributed by atoms with Gasteiger partial charge in [-0.15, -0.1) is 0 Å². The second-order valence-corrected chi connectivity index (χ2v) is 7.12. The Hall–Kier alpha value is -4.93. The van der Waals surface area contributed by atoms with Crippen LogP contribution in [0, 0.1) is 0 Å². The Morgan fingerprint density at radius 2 is 1.74 bits per heavy atom. The molecule has 0 unspecified atom stereocenters. The number of amides is 3. The fourth-order valence-electron chi connectivity index (χ4n) is 3.45. The van der Waals surface area contributed by atoms with E-state index in [2.05, 4.69) is 25.6 Å². The monoisotopic (exact) mass is 459 g/mol. The lowest BCUT2D eigenvalue weighted by atomic mass is 10.0. The normalized spacial score (nSPS) is 10.5. The Morgan fingerprint density at radius 1 is 0.941 bits per heavy atom. The molecule has 0 bridgehead atoms. The third-order valence-electron chi connectivity index (χ3n) is 4.95. The summed E-state index contributed by atoms with van der Waals surface area (Å²) in [4.78, 5) is 36.1. The van der Waals surface area contributed by atoms with Gasteiger partial charge in [0, 0.05) is 29.2 Å². The minimum Gasteiger partial charge on any atom is -0.480 e. The van der Waals surface area contributed by atoms with Crippen molar-refractivity contribution in [3.63, 3.8) is 0 Å². The van der Waals surface area contributed by atoms with Crippen LogP contribution in [0.3, 0.4) is 0 Å². The lowest BCUT2D eigenvalue weighted by Crippen LogP contribution is -2.19. The van der Waals surface area contributed by atoms with Crippen LogP contribution < -0.4 is 31.6 Å². The van der Waals surface area contributed by atoms with Gasteiger partial charge >= 0.3 is 12.0 Å². The summed E-state index contributed by atoms with van der Waals surface area (Å²) in [5.74, 6) is -0.297. The van der Waals surface area contributed by atoms with Gasteiger partial charge < -0.3 is 31.6 Å². The van der Waals surface area contributed by atoms with Gasteiger partial charge in [-0.05, 0) is 29.8 Å². The molecule has 172 valence electrons. The van der Waals surface area contributed by atoms with Gasteiger partial charge in [0.15, 0.2) is 0 Å². The standard InChI is InChI=1S/C23H21N7O4/c1-33-21-16(10-27-23(30-21)34-2)12-6-7-15-18(8-12)26-11-17(20(24)31)19(15)28-13-4-3-5-14(9-13)29-22(25)32/h3-11H,1-2H3,(H2,24,31)(H,26,28)(H3,25,29,32). The van der Waals surface area contributed by atoms with Gasteiger partial charge in [0.25, 0.3) is 5.91 Å². The van der Waals surface area contributed by atoms with E-state index in [0.29, 0.717) is 39.4 Å². The van der Waals surface area contributed by atoms with Crippen molar-refractivity contribution in [2.45, 2.75) is 0 Å². The quantitative estimate of drug-likeness (QED) is 0.327. The van der Waals surface area contributed by atoms with Gasteiger partial charge in [-0.25, -0.2) is 9.78 Å². The van der Waals surface area contributed by atoms with Crippen LogP contribution in [-0.2, 0) is 0 Å². The minimum absolute atomic E-state index is 0.185. The molecular weight excluding hydrogens is 438 g/mol. The molecular formula is C23H21N7O4. The van der Waals surface area contributed by atoms with Crippen LogP contribution in [0.5, 0.6) is 11.9 Å². The van der Waals surface area contributed by atoms with Crippen molar-refractivity contribution in [1.29, 1.82) is 0 Å². The minimum atomic E-state index is -0.685. The number of ether oxygens (including phenoxy) is 2. The molecule has 0 spiro atoms. The molecule has 0 radical (unpaired) electrons. The van der Waals surface area contributed by atoms with E-state index in [4.69, 9.17) is 20.9 Å². The molecule has 0 atom stereocenters. The number of methoxy groups -OCH3 is 2. The fraction of sp³-hybridized carbons (Fsp3) is 0.0870. The molecule has 4 rings (SSSR count). The number of benzene rings is 2. The molecule has 0 fully saturated rings. The molecule has 0 saturated carbocycles. The van der Waals surface area contributed by atoms with Crippen LogP contribution in [0.2, 0.25) is 0 Å². The first-order chi connectivity index (χ1) is 16.4. The highest BCUT2D eigenvalue weighted by Crippen LogP contribution is 2.35. The Labute approximate surface area is 194 Å². The van der Waals surface area contributed by atoms with Crippen molar-refractivity contribution in [3.8, 4) is 23.0 Å². The van der Waals surface area contributed by atoms with Gasteiger partial charge in [-0.3, -0.25) is 9.78 Å². The topological polar surface area (TPSA) is 167 Å². The van der Waals surface area contributed by atoms with E-state index in [0.717, 1.165) is 5.56 Å². The highest BCUT2D eigenvalue weighted by atomic mass is 16.5. The summed E-state index contributed by atoms with van der Waals surface area (Å²) in [5, 5.41) is 6.38. The molecule has 11 nitrogen and oxygen atoms in total. The van der Waals surface area contributed by atoms with Gasteiger partial charge in [-0.2, -0.15) is 4.98 Å². The number of anilines is 3. The van der Waals surface area contributed by atoms with Crippen molar-refractivity contribution in [1.82, 2.24) is 15.0 Å². The molecule has 2 aromatic heterocycles. The Morgan fingerprint density at radius 3 is 2.44 bits per heavy atom. The number of pyridine rings is 1. The molecule has 2 aromatic carbocycles. The lowest BCUT2D eigenvalue weighted by Gasteiger charge is -2.15. The van der Waals surface area contributed by atoms with Crippen LogP contribution in [0.1, 0.15) is 10.4 Å². The van der Waals surface area contributed by atoms with Crippen molar-refractivity contribution in [2.24, 2.45) is 11.5 Å². The van der Waals surface area contributed by atoms with Crippen LogP contribution in [0.4, 0.5) is 21.9 Å². The maximum atomic E-state index is 12.1. The number of urea groups is 1. The molecule has 34 heavy (non-hydrogen) atoms. The average Bonchev–Trinajstić information content (AvgIpc) is 2.83. The SMILES string of the molecule is COc1ncc(-c2ccc3c(Nc4cccc(NC(N)=O)c4)c(C(N)=O)cnc3c2)c(OC)n1. The summed E-state index contributed by atoms with van der Waals surface area (Å²) in [6.45, 7) is 0. The van der Waals surface area contributed by atoms with Crippen LogP contribution in [-0.4, -0.2) is 41.1 Å². The number of hydrogen-bond acceptors (Lipinski definition) is 8. The summed E-state index contributed by atoms with van der Waals surface area (Å²) >= 11 is 0. The summed E-state index contributed by atoms with van der Waals surface area (Å²) in [6.07, 6.45) is 3.00. The van der Waals surface area contributed by atoms with Crippen LogP contribution in [0.25, 0.3) is 22.0 Å². The lowest BCUT2D eigenvalue weighted by molar-refractivity contribution is 0.100. The zero-order valence-corrected chi connectivity index (χ0v) is 18.3. The predicted molar refractivity (Wildman–Crippen MR) is 127 cm³/mol. The van der Waals surface area contributed by atoms with Crippen molar-refractivity contribution in [3.05, 3.63) is 60.4 Å². The van der Waals surface area contributed by atoms with Crippen molar-refractivity contribution < 1.29 is 19.1 Å². The molecule has 0 aliphatic carbocycles. The number of fused-ring (bicyclic) bond motifs is 1. The maximum Gasteiger partial charge on any atom is 0.319 e. The van der Waals surface area contributed by atoms with Gasteiger partial charge in [-0.1, -0.05) is 18.2 Å². The van der Waals surface area contributed by atoms with Crippen LogP contribution in [0.15, 0.2) is 54.9 Å². The Balaban J connectivity index is 1.80. The molecule has 2 heterocycles. The van der Waals surface area contributed by atoms with Crippen molar-refractivity contribution in [2.75, 3.05) is 24.9 Å². The molecule has 0 saturated heterocycles. The number of aromatic nitrogens is 3. The first-order valence-electron chi connectivity index (χ1n) is 10.0. The number of nitrogens with two attached hydrogens (primary N) is 2. The maximum absolute atomic E-state index is 12.1. The second kappa shape index (κ2) is 9.28. The molecule has 4 aromatic rings. The number of hydrogen-bond donors (Lipinski definition) is 4. The third-order valence-corrected chi connectivity index (χ3v) is 4.95. The number of carbonyl (C=O) groups is 2. The van der Waals surface area contributed by atoms with E-state index < -0.39 is 11.9 Å². The summed E-state index contributed by atoms with van der Waals surface area (Å²) < 4.78 is 10.4. The Bertz CT molecular complexity index is 1410. The summed E-state index contributed by atoms with van der Waals surface area (Å²) in [6, 6.07) is 11.8. The molecule has 6 N–H and O–H groups in total. The molecule has 0 aliphatic rings.